The number of nitrogens with one attached hydrogen (secondary N) is 1. The second-order valence-corrected chi connectivity index (χ2v) is 5.21. The fraction of sp³-hybridized carbons (Fsp3) is 0.294. The largest absolute Gasteiger partial charge is 0.412 e. The molecule has 0 unspecified atom stereocenters. The van der Waals surface area contributed by atoms with E-state index < -0.39 is 0 Å². The van der Waals surface area contributed by atoms with Gasteiger partial charge in [-0.1, -0.05) is 0 Å². The minimum Gasteiger partial charge on any atom is -0.412 e. The molecular formula is C17H28N4O4. The molecule has 8 heteroatoms. The molecule has 140 valence electrons. The van der Waals surface area contributed by atoms with Crippen molar-refractivity contribution in [2.24, 2.45) is 0 Å². The van der Waals surface area contributed by atoms with Crippen molar-refractivity contribution in [1.82, 2.24) is 0 Å². The summed E-state index contributed by atoms with van der Waals surface area (Å²) in [5.41, 5.74) is 17.2. The van der Waals surface area contributed by atoms with Crippen LogP contribution in [0.3, 0.4) is 0 Å². The Morgan fingerprint density at radius 3 is 1.96 bits per heavy atom. The maximum Gasteiger partial charge on any atom is 0.0606 e. The van der Waals surface area contributed by atoms with E-state index in [9.17, 15) is 0 Å². The van der Waals surface area contributed by atoms with Crippen molar-refractivity contribution in [3.63, 3.8) is 0 Å². The van der Waals surface area contributed by atoms with Crippen molar-refractivity contribution in [3.8, 4) is 0 Å². The number of aliphatic hydroxyl groups is 2. The lowest BCUT2D eigenvalue weighted by molar-refractivity contribution is 0.281. The Morgan fingerprint density at radius 1 is 0.960 bits per heavy atom. The molecule has 0 saturated heterocycles. The van der Waals surface area contributed by atoms with Crippen LogP contribution in [0, 0.1) is 6.92 Å². The number of nitrogens with two attached hydrogens (primary N) is 2. The smallest absolute Gasteiger partial charge is 0.0606 e. The van der Waals surface area contributed by atoms with Gasteiger partial charge in [0.2, 0.25) is 0 Å². The first kappa shape index (κ1) is 22.5. The molecule has 0 amide bonds. The first-order valence-corrected chi connectivity index (χ1v) is 7.60. The van der Waals surface area contributed by atoms with Gasteiger partial charge in [-0.05, 0) is 55.0 Å². The molecule has 0 atom stereocenters. The predicted octanol–water partition coefficient (Wildman–Crippen LogP) is 0.613. The minimum absolute atomic E-state index is 0. The van der Waals surface area contributed by atoms with Crippen LogP contribution in [0.2, 0.25) is 0 Å². The van der Waals surface area contributed by atoms with Gasteiger partial charge in [-0.15, -0.1) is 0 Å². The van der Waals surface area contributed by atoms with Crippen LogP contribution in [0.15, 0.2) is 42.5 Å². The Balaban J connectivity index is 0.000000495. The van der Waals surface area contributed by atoms with Gasteiger partial charge < -0.3 is 32.1 Å². The Hall–Kier alpha value is -2.52. The summed E-state index contributed by atoms with van der Waals surface area (Å²) in [6.07, 6.45) is 0. The minimum atomic E-state index is 0. The Morgan fingerprint density at radius 2 is 1.52 bits per heavy atom. The number of aryl methyl sites for hydroxylation is 1. The maximum absolute atomic E-state index is 8.90. The Kier molecular flexibility index (Phi) is 10.7. The SMILES string of the molecule is Cc1cc(N(CCO)CCO)ccc1N.Nc1ccc(NO)cc1.O. The zero-order valence-electron chi connectivity index (χ0n) is 14.3. The van der Waals surface area contributed by atoms with Crippen LogP contribution in [0.1, 0.15) is 5.56 Å². The lowest BCUT2D eigenvalue weighted by atomic mass is 10.1. The van der Waals surface area contributed by atoms with Gasteiger partial charge in [0.25, 0.3) is 0 Å². The Labute approximate surface area is 147 Å². The zero-order valence-corrected chi connectivity index (χ0v) is 14.3. The quantitative estimate of drug-likeness (QED) is 0.328. The monoisotopic (exact) mass is 352 g/mol. The highest BCUT2D eigenvalue weighted by Gasteiger charge is 2.06. The first-order valence-electron chi connectivity index (χ1n) is 7.60. The topological polar surface area (TPSA) is 160 Å². The summed E-state index contributed by atoms with van der Waals surface area (Å²) in [6.45, 7) is 3.12. The predicted molar refractivity (Wildman–Crippen MR) is 102 cm³/mol. The number of aliphatic hydroxyl groups excluding tert-OH is 2. The van der Waals surface area contributed by atoms with Crippen molar-refractivity contribution in [2.75, 3.05) is 48.2 Å². The van der Waals surface area contributed by atoms with Crippen molar-refractivity contribution in [2.45, 2.75) is 6.92 Å². The van der Waals surface area contributed by atoms with Crippen LogP contribution < -0.4 is 21.8 Å². The number of benzene rings is 2. The van der Waals surface area contributed by atoms with Gasteiger partial charge in [0, 0.05) is 30.2 Å². The summed E-state index contributed by atoms with van der Waals surface area (Å²) in [7, 11) is 0. The first-order chi connectivity index (χ1) is 11.5. The van der Waals surface area contributed by atoms with Crippen molar-refractivity contribution < 1.29 is 20.9 Å². The second-order valence-electron chi connectivity index (χ2n) is 5.21. The molecule has 0 aromatic heterocycles. The van der Waals surface area contributed by atoms with Gasteiger partial charge in [0.1, 0.15) is 0 Å². The van der Waals surface area contributed by atoms with E-state index in [0.29, 0.717) is 24.5 Å². The summed E-state index contributed by atoms with van der Waals surface area (Å²) in [6, 6.07) is 12.5. The summed E-state index contributed by atoms with van der Waals surface area (Å²) in [4.78, 5) is 1.92. The lowest BCUT2D eigenvalue weighted by Gasteiger charge is -2.23. The Bertz CT molecular complexity index is 602. The summed E-state index contributed by atoms with van der Waals surface area (Å²) in [5.74, 6) is 0. The van der Waals surface area contributed by atoms with Gasteiger partial charge in [0.05, 0.1) is 18.9 Å². The molecule has 0 spiro atoms. The van der Waals surface area contributed by atoms with Gasteiger partial charge in [-0.2, -0.15) is 0 Å². The number of hydrogen-bond donors (Lipinski definition) is 6. The third-order valence-electron chi connectivity index (χ3n) is 3.40. The van der Waals surface area contributed by atoms with Crippen LogP contribution >= 0.6 is 0 Å². The zero-order chi connectivity index (χ0) is 17.9. The fourth-order valence-electron chi connectivity index (χ4n) is 2.03. The molecule has 0 fully saturated rings. The van der Waals surface area contributed by atoms with Crippen molar-refractivity contribution in [3.05, 3.63) is 48.0 Å². The third kappa shape index (κ3) is 7.73. The standard InChI is InChI=1S/C11H18N2O2.C6H8N2O.H2O/c1-9-8-10(2-3-11(9)12)13(4-6-14)5-7-15;7-5-1-3-6(8-9)4-2-5;/h2-3,8,14-15H,4-7,12H2,1H3;1-4,8-9H,7H2;1H2. The summed E-state index contributed by atoms with van der Waals surface area (Å²) < 4.78 is 0. The molecule has 2 aromatic rings. The molecule has 0 heterocycles. The molecular weight excluding hydrogens is 324 g/mol. The third-order valence-corrected chi connectivity index (χ3v) is 3.40. The second kappa shape index (κ2) is 11.9. The van der Waals surface area contributed by atoms with Crippen molar-refractivity contribution >= 4 is 22.7 Å². The summed E-state index contributed by atoms with van der Waals surface area (Å²) in [5, 5.41) is 26.1. The number of hydrogen-bond acceptors (Lipinski definition) is 7. The van der Waals surface area contributed by atoms with Crippen LogP contribution in [-0.2, 0) is 0 Å². The van der Waals surface area contributed by atoms with E-state index in [2.05, 4.69) is 0 Å². The number of rotatable bonds is 6. The van der Waals surface area contributed by atoms with Gasteiger partial charge in [-0.3, -0.25) is 10.7 Å². The van der Waals surface area contributed by atoms with Gasteiger partial charge in [-0.25, -0.2) is 0 Å². The number of nitrogens with zero attached hydrogens (tertiary/aromatic N) is 1. The fourth-order valence-corrected chi connectivity index (χ4v) is 2.03. The van der Waals surface area contributed by atoms with E-state index in [-0.39, 0.29) is 18.7 Å². The number of anilines is 4. The van der Waals surface area contributed by atoms with Crippen molar-refractivity contribution in [1.29, 1.82) is 0 Å². The van der Waals surface area contributed by atoms with Crippen LogP contribution in [0.4, 0.5) is 22.7 Å². The van der Waals surface area contributed by atoms with Crippen LogP contribution in [0.5, 0.6) is 0 Å². The molecule has 0 saturated carbocycles. The molecule has 0 aliphatic rings. The van der Waals surface area contributed by atoms with E-state index in [0.717, 1.165) is 16.9 Å². The molecule has 0 aliphatic heterocycles. The highest BCUT2D eigenvalue weighted by molar-refractivity contribution is 5.58. The van der Waals surface area contributed by atoms with Gasteiger partial charge in [0.15, 0.2) is 0 Å². The molecule has 10 N–H and O–H groups in total. The normalized spacial score (nSPS) is 9.44. The molecule has 8 nitrogen and oxygen atoms in total. The van der Waals surface area contributed by atoms with E-state index in [1.807, 2.05) is 35.5 Å². The van der Waals surface area contributed by atoms with Gasteiger partial charge >= 0.3 is 0 Å². The van der Waals surface area contributed by atoms with E-state index in [1.165, 1.54) is 0 Å². The average Bonchev–Trinajstić information content (AvgIpc) is 2.58. The highest BCUT2D eigenvalue weighted by Crippen LogP contribution is 2.20. The molecule has 0 bridgehead atoms. The number of nitrogen functional groups attached to an aromatic ring is 2. The molecule has 0 aliphatic carbocycles. The molecule has 25 heavy (non-hydrogen) atoms. The van der Waals surface area contributed by atoms with Crippen LogP contribution in [0.25, 0.3) is 0 Å². The van der Waals surface area contributed by atoms with Crippen LogP contribution in [-0.4, -0.2) is 47.2 Å². The molecule has 2 rings (SSSR count). The molecule has 2 aromatic carbocycles. The van der Waals surface area contributed by atoms with E-state index >= 15 is 0 Å². The maximum atomic E-state index is 8.90. The highest BCUT2D eigenvalue weighted by atomic mass is 16.5. The van der Waals surface area contributed by atoms with E-state index in [1.54, 1.807) is 24.3 Å². The lowest BCUT2D eigenvalue weighted by Crippen LogP contribution is -2.29. The average molecular weight is 352 g/mol. The van der Waals surface area contributed by atoms with E-state index in [4.69, 9.17) is 26.9 Å². The summed E-state index contributed by atoms with van der Waals surface area (Å²) >= 11 is 0. The molecule has 0 radical (unpaired) electrons.